The van der Waals surface area contributed by atoms with Gasteiger partial charge in [0.25, 0.3) is 0 Å². The molecule has 0 spiro atoms. The Morgan fingerprint density at radius 3 is 2.52 bits per heavy atom. The van der Waals surface area contributed by atoms with Crippen LogP contribution in [0.15, 0.2) is 49.2 Å². The molecule has 0 saturated heterocycles. The van der Waals surface area contributed by atoms with Gasteiger partial charge in [-0.15, -0.1) is 0 Å². The Morgan fingerprint density at radius 2 is 1.79 bits per heavy atom. The second kappa shape index (κ2) is 8.61. The third-order valence-corrected chi connectivity index (χ3v) is 4.88. The van der Waals surface area contributed by atoms with E-state index in [1.165, 1.54) is 30.9 Å². The van der Waals surface area contributed by atoms with Crippen LogP contribution in [0.2, 0.25) is 0 Å². The van der Waals surface area contributed by atoms with Crippen molar-refractivity contribution in [2.75, 3.05) is 16.4 Å². The highest BCUT2D eigenvalue weighted by molar-refractivity contribution is 6.18. The van der Waals surface area contributed by atoms with Gasteiger partial charge in [0, 0.05) is 35.8 Å². The van der Waals surface area contributed by atoms with Crippen molar-refractivity contribution in [1.82, 2.24) is 19.5 Å². The molecule has 168 valence electrons. The van der Waals surface area contributed by atoms with E-state index < -0.39 is 17.7 Å². The Hall–Kier alpha value is -4.41. The Bertz CT molecular complexity index is 1380. The monoisotopic (exact) mass is 451 g/mol. The molecule has 33 heavy (non-hydrogen) atoms. The molecule has 3 heterocycles. The summed E-state index contributed by atoms with van der Waals surface area (Å²) in [4.78, 5) is 37.8. The molecule has 0 bridgehead atoms. The molecule has 0 aliphatic carbocycles. The Morgan fingerprint density at radius 1 is 1.03 bits per heavy atom. The molecule has 4 rings (SSSR count). The minimum Gasteiger partial charge on any atom is -0.383 e. The summed E-state index contributed by atoms with van der Waals surface area (Å²) >= 11 is 0. The number of benzene rings is 1. The molecule has 11 heteroatoms. The summed E-state index contributed by atoms with van der Waals surface area (Å²) in [6.07, 6.45) is 5.71. The normalized spacial score (nSPS) is 11.1. The smallest absolute Gasteiger partial charge is 0.323 e. The van der Waals surface area contributed by atoms with Crippen LogP contribution in [0.3, 0.4) is 0 Å². The molecular weight excluding hydrogens is 432 g/mol. The molecule has 2 amide bonds. The maximum atomic E-state index is 13.3. The quantitative estimate of drug-likeness (QED) is 0.391. The van der Waals surface area contributed by atoms with E-state index >= 15 is 0 Å². The number of nitrogens with one attached hydrogen (secondary N) is 2. The van der Waals surface area contributed by atoms with Crippen LogP contribution in [0.25, 0.3) is 11.0 Å². The molecule has 0 fully saturated rings. The average molecular weight is 451 g/mol. The van der Waals surface area contributed by atoms with Crippen LogP contribution in [-0.2, 0) is 0 Å². The van der Waals surface area contributed by atoms with Crippen molar-refractivity contribution < 1.29 is 18.4 Å². The zero-order valence-corrected chi connectivity index (χ0v) is 17.6. The second-order valence-electron chi connectivity index (χ2n) is 7.50. The molecule has 0 aliphatic heterocycles. The molecule has 4 N–H and O–H groups in total. The highest BCUT2D eigenvalue weighted by atomic mass is 19.2. The molecule has 0 atom stereocenters. The summed E-state index contributed by atoms with van der Waals surface area (Å²) in [6, 6.07) is 3.71. The zero-order valence-electron chi connectivity index (χ0n) is 17.6. The summed E-state index contributed by atoms with van der Waals surface area (Å²) in [5.41, 5.74) is 7.35. The van der Waals surface area contributed by atoms with E-state index in [4.69, 9.17) is 5.73 Å². The number of ketones is 1. The molecular formula is C22H19F2N7O2. The third-order valence-electron chi connectivity index (χ3n) is 4.88. The first-order valence-electron chi connectivity index (χ1n) is 9.88. The number of fused-ring (bicyclic) bond motifs is 1. The fourth-order valence-electron chi connectivity index (χ4n) is 3.33. The topological polar surface area (TPSA) is 128 Å². The van der Waals surface area contributed by atoms with Crippen molar-refractivity contribution in [2.24, 2.45) is 0 Å². The van der Waals surface area contributed by atoms with Crippen molar-refractivity contribution in [3.63, 3.8) is 0 Å². The first kappa shape index (κ1) is 21.8. The van der Waals surface area contributed by atoms with Crippen LogP contribution < -0.4 is 16.4 Å². The number of nitrogens with zero attached hydrogens (tertiary/aromatic N) is 4. The van der Waals surface area contributed by atoms with Gasteiger partial charge in [-0.25, -0.2) is 23.5 Å². The van der Waals surface area contributed by atoms with Crippen LogP contribution >= 0.6 is 0 Å². The Balaban J connectivity index is 1.60. The van der Waals surface area contributed by atoms with E-state index in [-0.39, 0.29) is 34.6 Å². The van der Waals surface area contributed by atoms with E-state index in [0.717, 1.165) is 12.1 Å². The van der Waals surface area contributed by atoms with Crippen molar-refractivity contribution in [3.05, 3.63) is 71.9 Å². The number of nitrogen functional groups attached to an aromatic ring is 1. The minimum absolute atomic E-state index is 0.0227. The molecule has 0 radical (unpaired) electrons. The number of urea groups is 1. The predicted octanol–water partition coefficient (Wildman–Crippen LogP) is 4.14. The van der Waals surface area contributed by atoms with Gasteiger partial charge in [-0.3, -0.25) is 9.78 Å². The number of aromatic nitrogens is 4. The highest BCUT2D eigenvalue weighted by Gasteiger charge is 2.22. The number of carbonyl (C=O) groups is 2. The van der Waals surface area contributed by atoms with Crippen LogP contribution in [-0.4, -0.2) is 31.3 Å². The maximum Gasteiger partial charge on any atom is 0.323 e. The first-order valence-corrected chi connectivity index (χ1v) is 9.88. The highest BCUT2D eigenvalue weighted by Crippen LogP contribution is 2.28. The fourth-order valence-corrected chi connectivity index (χ4v) is 3.33. The number of hydrogen-bond donors (Lipinski definition) is 3. The van der Waals surface area contributed by atoms with Gasteiger partial charge in [-0.2, -0.15) is 0 Å². The van der Waals surface area contributed by atoms with Crippen LogP contribution in [0.1, 0.15) is 35.8 Å². The van der Waals surface area contributed by atoms with Crippen LogP contribution in [0.5, 0.6) is 0 Å². The number of hydrogen-bond acceptors (Lipinski definition) is 6. The van der Waals surface area contributed by atoms with Crippen molar-refractivity contribution in [2.45, 2.75) is 19.9 Å². The van der Waals surface area contributed by atoms with E-state index in [2.05, 4.69) is 25.6 Å². The number of rotatable bonds is 5. The second-order valence-corrected chi connectivity index (χ2v) is 7.50. The van der Waals surface area contributed by atoms with Crippen LogP contribution in [0, 0.1) is 11.6 Å². The lowest BCUT2D eigenvalue weighted by atomic mass is 10.1. The van der Waals surface area contributed by atoms with Crippen molar-refractivity contribution >= 4 is 40.0 Å². The Labute approximate surface area is 186 Å². The molecule has 3 aromatic heterocycles. The van der Waals surface area contributed by atoms with Gasteiger partial charge >= 0.3 is 6.03 Å². The zero-order chi connectivity index (χ0) is 23.7. The van der Waals surface area contributed by atoms with Crippen LogP contribution in [0.4, 0.5) is 30.8 Å². The van der Waals surface area contributed by atoms with E-state index in [0.29, 0.717) is 16.6 Å². The summed E-state index contributed by atoms with van der Waals surface area (Å²) in [5, 5.41) is 5.32. The SMILES string of the molecule is CC(C)n1cc(C(=O)c2cncc(NC(=O)Nc3ccc(F)c(F)c3)c2)c2c(N)ncnc21. The number of carbonyl (C=O) groups excluding carboxylic acids is 2. The number of pyridine rings is 1. The molecule has 0 unspecified atom stereocenters. The minimum atomic E-state index is -1.09. The molecule has 0 aliphatic rings. The summed E-state index contributed by atoms with van der Waals surface area (Å²) < 4.78 is 28.2. The molecule has 9 nitrogen and oxygen atoms in total. The number of nitrogens with two attached hydrogens (primary N) is 1. The van der Waals surface area contributed by atoms with E-state index in [1.54, 1.807) is 6.20 Å². The number of anilines is 3. The lowest BCUT2D eigenvalue weighted by molar-refractivity contribution is 0.103. The summed E-state index contributed by atoms with van der Waals surface area (Å²) in [6.45, 7) is 3.90. The maximum absolute atomic E-state index is 13.3. The van der Waals surface area contributed by atoms with Gasteiger partial charge in [0.05, 0.1) is 22.8 Å². The molecule has 4 aromatic rings. The van der Waals surface area contributed by atoms with Gasteiger partial charge in [0.2, 0.25) is 0 Å². The van der Waals surface area contributed by atoms with Gasteiger partial charge in [-0.05, 0) is 32.0 Å². The Kier molecular flexibility index (Phi) is 5.69. The van der Waals surface area contributed by atoms with E-state index in [1.807, 2.05) is 18.4 Å². The molecule has 1 aromatic carbocycles. The standard InChI is InChI=1S/C22H19F2N7O2/c1-11(2)31-9-15(18-20(25)27-10-28-21(18)31)19(32)12-5-14(8-26-7-12)30-22(33)29-13-3-4-16(23)17(24)6-13/h3-11H,1-2H3,(H2,25,27,28)(H2,29,30,33). The largest absolute Gasteiger partial charge is 0.383 e. The van der Waals surface area contributed by atoms with Gasteiger partial charge in [0.1, 0.15) is 17.8 Å². The number of amides is 2. The lowest BCUT2D eigenvalue weighted by Gasteiger charge is -2.09. The summed E-state index contributed by atoms with van der Waals surface area (Å²) in [7, 11) is 0. The molecule has 0 saturated carbocycles. The average Bonchev–Trinajstić information content (AvgIpc) is 3.17. The number of halogens is 2. The summed E-state index contributed by atoms with van der Waals surface area (Å²) in [5.74, 6) is -2.32. The van der Waals surface area contributed by atoms with Gasteiger partial charge in [-0.1, -0.05) is 0 Å². The predicted molar refractivity (Wildman–Crippen MR) is 119 cm³/mol. The lowest BCUT2D eigenvalue weighted by Crippen LogP contribution is -2.20. The fraction of sp³-hybridized carbons (Fsp3) is 0.136. The van der Waals surface area contributed by atoms with E-state index in [9.17, 15) is 18.4 Å². The first-order chi connectivity index (χ1) is 15.7. The van der Waals surface area contributed by atoms with Crippen molar-refractivity contribution in [3.8, 4) is 0 Å². The van der Waals surface area contributed by atoms with Gasteiger partial charge < -0.3 is 20.9 Å². The van der Waals surface area contributed by atoms with Crippen molar-refractivity contribution in [1.29, 1.82) is 0 Å². The van der Waals surface area contributed by atoms with Gasteiger partial charge in [0.15, 0.2) is 17.4 Å². The third kappa shape index (κ3) is 4.33.